The van der Waals surface area contributed by atoms with Gasteiger partial charge in [-0.05, 0) is 67.7 Å². The Bertz CT molecular complexity index is 1630. The number of pyridine rings is 1. The van der Waals surface area contributed by atoms with E-state index in [0.717, 1.165) is 36.1 Å². The van der Waals surface area contributed by atoms with Crippen molar-refractivity contribution in [1.82, 2.24) is 24.3 Å². The molecule has 0 spiro atoms. The van der Waals surface area contributed by atoms with Crippen LogP contribution in [-0.2, 0) is 16.1 Å². The van der Waals surface area contributed by atoms with E-state index in [1.165, 1.54) is 10.6 Å². The molecule has 222 valence electrons. The van der Waals surface area contributed by atoms with Crippen LogP contribution in [0.25, 0.3) is 11.0 Å². The zero-order chi connectivity index (χ0) is 29.4. The molecule has 2 amide bonds. The molecule has 2 aliphatic heterocycles. The standard InChI is InChI=1S/C30H33ClFN5O4S/c31-25-4-2-1-3-18(25)16-35-17-19(13-26(35)38)28(39)34-21-5-7-22(8-6-21)37-29(40)24-14-20(32)15-33-27(24)36(30(37)41)23-9-11-42-12-10-23/h1-4,14-15,19,21-23H,5-13,16-17H2,(H,34,39)/t19?,21-,22+. The predicted octanol–water partition coefficient (Wildman–Crippen LogP) is 4.07. The lowest BCUT2D eigenvalue weighted by molar-refractivity contribution is -0.129. The van der Waals surface area contributed by atoms with E-state index >= 15 is 0 Å². The van der Waals surface area contributed by atoms with E-state index in [1.54, 1.807) is 15.5 Å². The molecule has 2 saturated heterocycles. The molecule has 3 aromatic rings. The first-order valence-electron chi connectivity index (χ1n) is 14.5. The number of amides is 2. The molecule has 1 unspecified atom stereocenters. The van der Waals surface area contributed by atoms with Gasteiger partial charge in [0.1, 0.15) is 11.5 Å². The highest BCUT2D eigenvalue weighted by Gasteiger charge is 2.36. The SMILES string of the molecule is O=C(N[C@H]1CC[C@@H](n2c(=O)c3cc(F)cnc3n(C3CCSCC3)c2=O)CC1)C1CC(=O)N(Cc2ccccc2Cl)C1. The molecule has 3 aliphatic rings. The summed E-state index contributed by atoms with van der Waals surface area (Å²) in [5.74, 6) is 0.535. The van der Waals surface area contributed by atoms with Crippen LogP contribution in [0.1, 0.15) is 62.6 Å². The van der Waals surface area contributed by atoms with Gasteiger partial charge in [0.2, 0.25) is 11.8 Å². The minimum atomic E-state index is -0.613. The van der Waals surface area contributed by atoms with Crippen molar-refractivity contribution >= 4 is 46.2 Å². The van der Waals surface area contributed by atoms with Crippen molar-refractivity contribution in [2.75, 3.05) is 18.1 Å². The van der Waals surface area contributed by atoms with Gasteiger partial charge in [0.25, 0.3) is 5.56 Å². The first-order valence-corrected chi connectivity index (χ1v) is 16.0. The average Bonchev–Trinajstić information content (AvgIpc) is 3.36. The lowest BCUT2D eigenvalue weighted by atomic mass is 9.90. The van der Waals surface area contributed by atoms with Crippen molar-refractivity contribution in [3.8, 4) is 0 Å². The maximum Gasteiger partial charge on any atom is 0.333 e. The summed E-state index contributed by atoms with van der Waals surface area (Å²) in [6.07, 6.45) is 5.01. The quantitative estimate of drug-likeness (QED) is 0.449. The van der Waals surface area contributed by atoms with Crippen LogP contribution in [0.2, 0.25) is 5.02 Å². The van der Waals surface area contributed by atoms with Crippen LogP contribution in [0.3, 0.4) is 0 Å². The van der Waals surface area contributed by atoms with E-state index in [1.807, 2.05) is 30.0 Å². The summed E-state index contributed by atoms with van der Waals surface area (Å²) in [6, 6.07) is 7.98. The molecule has 3 fully saturated rings. The number of halogens is 2. The Morgan fingerprint density at radius 1 is 1.02 bits per heavy atom. The number of hydrogen-bond acceptors (Lipinski definition) is 6. The van der Waals surface area contributed by atoms with Crippen LogP contribution in [0.4, 0.5) is 4.39 Å². The minimum absolute atomic E-state index is 0.0757. The van der Waals surface area contributed by atoms with Gasteiger partial charge in [-0.15, -0.1) is 0 Å². The molecule has 1 saturated carbocycles. The third-order valence-corrected chi connectivity index (χ3v) is 10.2. The van der Waals surface area contributed by atoms with Crippen molar-refractivity contribution in [2.24, 2.45) is 5.92 Å². The van der Waals surface area contributed by atoms with Gasteiger partial charge in [0, 0.05) is 42.7 Å². The van der Waals surface area contributed by atoms with E-state index in [9.17, 15) is 23.6 Å². The molecule has 0 radical (unpaired) electrons. The van der Waals surface area contributed by atoms with Crippen LogP contribution >= 0.6 is 23.4 Å². The number of benzene rings is 1. The van der Waals surface area contributed by atoms with Crippen LogP contribution in [-0.4, -0.2) is 54.9 Å². The van der Waals surface area contributed by atoms with Gasteiger partial charge in [-0.3, -0.25) is 23.5 Å². The summed E-state index contributed by atoms with van der Waals surface area (Å²) in [5.41, 5.74) is 0.184. The summed E-state index contributed by atoms with van der Waals surface area (Å²) < 4.78 is 17.1. The van der Waals surface area contributed by atoms with E-state index in [2.05, 4.69) is 10.3 Å². The van der Waals surface area contributed by atoms with Gasteiger partial charge in [-0.2, -0.15) is 11.8 Å². The minimum Gasteiger partial charge on any atom is -0.353 e. The molecule has 1 atom stereocenters. The Hall–Kier alpha value is -3.18. The molecule has 1 N–H and O–H groups in total. The molecule has 12 heteroatoms. The summed E-state index contributed by atoms with van der Waals surface area (Å²) in [6.45, 7) is 0.700. The number of thioether (sulfide) groups is 1. The van der Waals surface area contributed by atoms with Crippen LogP contribution in [0.5, 0.6) is 0 Å². The van der Waals surface area contributed by atoms with Crippen molar-refractivity contribution in [3.63, 3.8) is 0 Å². The predicted molar refractivity (Wildman–Crippen MR) is 160 cm³/mol. The van der Waals surface area contributed by atoms with Gasteiger partial charge in [-0.1, -0.05) is 29.8 Å². The molecular formula is C30H33ClFN5O4S. The topological polar surface area (TPSA) is 106 Å². The summed E-state index contributed by atoms with van der Waals surface area (Å²) in [5, 5.41) is 3.81. The van der Waals surface area contributed by atoms with E-state index in [-0.39, 0.29) is 53.1 Å². The Morgan fingerprint density at radius 2 is 1.74 bits per heavy atom. The van der Waals surface area contributed by atoms with Gasteiger partial charge in [-0.25, -0.2) is 14.2 Å². The lowest BCUT2D eigenvalue weighted by Gasteiger charge is -2.32. The van der Waals surface area contributed by atoms with Crippen LogP contribution in [0, 0.1) is 11.7 Å². The number of rotatable bonds is 6. The maximum absolute atomic E-state index is 14.2. The number of likely N-dealkylation sites (tertiary alicyclic amines) is 1. The first kappa shape index (κ1) is 28.9. The molecule has 1 aromatic carbocycles. The highest BCUT2D eigenvalue weighted by molar-refractivity contribution is 7.99. The number of carbonyl (C=O) groups excluding carboxylic acids is 2. The number of aromatic nitrogens is 3. The van der Waals surface area contributed by atoms with E-state index in [4.69, 9.17) is 11.6 Å². The third-order valence-electron chi connectivity index (χ3n) is 8.79. The largest absolute Gasteiger partial charge is 0.353 e. The lowest BCUT2D eigenvalue weighted by Crippen LogP contribution is -2.47. The van der Waals surface area contributed by atoms with Crippen molar-refractivity contribution in [1.29, 1.82) is 0 Å². The second kappa shape index (κ2) is 12.2. The number of hydrogen-bond donors (Lipinski definition) is 1. The Labute approximate surface area is 251 Å². The van der Waals surface area contributed by atoms with Gasteiger partial charge >= 0.3 is 5.69 Å². The monoisotopic (exact) mass is 613 g/mol. The fraction of sp³-hybridized carbons (Fsp3) is 0.500. The molecule has 0 bridgehead atoms. The Morgan fingerprint density at radius 3 is 2.48 bits per heavy atom. The summed E-state index contributed by atoms with van der Waals surface area (Å²) in [4.78, 5) is 58.9. The van der Waals surface area contributed by atoms with Gasteiger partial charge in [0.05, 0.1) is 17.5 Å². The second-order valence-electron chi connectivity index (χ2n) is 11.5. The smallest absolute Gasteiger partial charge is 0.333 e. The van der Waals surface area contributed by atoms with Gasteiger partial charge in [0.15, 0.2) is 0 Å². The zero-order valence-electron chi connectivity index (χ0n) is 23.1. The molecule has 42 heavy (non-hydrogen) atoms. The average molecular weight is 614 g/mol. The van der Waals surface area contributed by atoms with Crippen molar-refractivity contribution in [2.45, 2.75) is 69.6 Å². The highest BCUT2D eigenvalue weighted by Crippen LogP contribution is 2.31. The number of nitrogens with one attached hydrogen (secondary N) is 1. The number of fused-ring (bicyclic) bond motifs is 1. The maximum atomic E-state index is 14.2. The van der Waals surface area contributed by atoms with E-state index < -0.39 is 17.3 Å². The Kier molecular flexibility index (Phi) is 8.40. The molecule has 9 nitrogen and oxygen atoms in total. The second-order valence-corrected chi connectivity index (χ2v) is 13.1. The van der Waals surface area contributed by atoms with E-state index in [0.29, 0.717) is 43.8 Å². The zero-order valence-corrected chi connectivity index (χ0v) is 24.7. The Balaban J connectivity index is 1.14. The van der Waals surface area contributed by atoms with Gasteiger partial charge < -0.3 is 10.2 Å². The van der Waals surface area contributed by atoms with Crippen LogP contribution < -0.4 is 16.6 Å². The van der Waals surface area contributed by atoms with Crippen LogP contribution in [0.15, 0.2) is 46.1 Å². The van der Waals surface area contributed by atoms with Crippen molar-refractivity contribution in [3.05, 3.63) is 73.8 Å². The molecule has 1 aliphatic carbocycles. The molecule has 6 rings (SSSR count). The fourth-order valence-electron chi connectivity index (χ4n) is 6.53. The van der Waals surface area contributed by atoms with Crippen molar-refractivity contribution < 1.29 is 14.0 Å². The normalized spacial score (nSPS) is 23.4. The number of carbonyl (C=O) groups is 2. The molecular weight excluding hydrogens is 581 g/mol. The third kappa shape index (κ3) is 5.73. The fourth-order valence-corrected chi connectivity index (χ4v) is 7.81. The number of nitrogens with zero attached hydrogens (tertiary/aromatic N) is 4. The highest BCUT2D eigenvalue weighted by atomic mass is 35.5. The molecule has 4 heterocycles. The first-order chi connectivity index (χ1) is 20.3. The molecule has 2 aromatic heterocycles. The summed E-state index contributed by atoms with van der Waals surface area (Å²) in [7, 11) is 0. The summed E-state index contributed by atoms with van der Waals surface area (Å²) >= 11 is 8.09.